The number of carbonyl (C=O) groups is 1. The number of rotatable bonds is 8. The fraction of sp³-hybridized carbons (Fsp3) is 0.360. The second kappa shape index (κ2) is 10.5. The number of nitrogens with zero attached hydrogens (tertiary/aromatic N) is 1. The van der Waals surface area contributed by atoms with E-state index < -0.39 is 5.91 Å². The van der Waals surface area contributed by atoms with Crippen molar-refractivity contribution in [1.29, 1.82) is 5.26 Å². The summed E-state index contributed by atoms with van der Waals surface area (Å²) in [6.45, 7) is 12.6. The molecule has 2 N–H and O–H groups in total. The fourth-order valence-electron chi connectivity index (χ4n) is 3.31. The Kier molecular flexibility index (Phi) is 8.06. The van der Waals surface area contributed by atoms with Crippen molar-refractivity contribution in [3.63, 3.8) is 0 Å². The lowest BCUT2D eigenvalue weighted by Gasteiger charge is -2.19. The molecule has 5 heteroatoms. The van der Waals surface area contributed by atoms with Crippen LogP contribution in [0.25, 0.3) is 0 Å². The number of hydrogen-bond donors (Lipinski definition) is 2. The minimum atomic E-state index is -0.430. The van der Waals surface area contributed by atoms with E-state index in [2.05, 4.69) is 30.5 Å². The van der Waals surface area contributed by atoms with E-state index in [1.807, 2.05) is 64.1 Å². The smallest absolute Gasteiger partial charge is 0.263 e. The van der Waals surface area contributed by atoms with Gasteiger partial charge in [-0.15, -0.1) is 0 Å². The first-order valence-corrected chi connectivity index (χ1v) is 10.3. The van der Waals surface area contributed by atoms with Gasteiger partial charge in [-0.05, 0) is 50.8 Å². The summed E-state index contributed by atoms with van der Waals surface area (Å²) in [5.41, 5.74) is 5.11. The van der Waals surface area contributed by atoms with Crippen molar-refractivity contribution < 1.29 is 9.53 Å². The molecule has 0 fully saturated rings. The first kappa shape index (κ1) is 23.0. The van der Waals surface area contributed by atoms with Crippen molar-refractivity contribution in [2.45, 2.75) is 53.5 Å². The molecule has 0 bridgehead atoms. The Bertz CT molecular complexity index is 971. The molecule has 2 rings (SSSR count). The number of nitrogens with one attached hydrogen (secondary N) is 2. The largest absolute Gasteiger partial charge is 0.494 e. The van der Waals surface area contributed by atoms with E-state index in [0.717, 1.165) is 33.7 Å². The molecule has 0 saturated carbocycles. The molecule has 0 aliphatic carbocycles. The van der Waals surface area contributed by atoms with Gasteiger partial charge in [-0.3, -0.25) is 4.79 Å². The third kappa shape index (κ3) is 5.64. The summed E-state index contributed by atoms with van der Waals surface area (Å²) >= 11 is 0. The van der Waals surface area contributed by atoms with Gasteiger partial charge in [0.25, 0.3) is 5.91 Å². The van der Waals surface area contributed by atoms with Crippen molar-refractivity contribution in [3.05, 3.63) is 70.4 Å². The number of ether oxygens (including phenoxy) is 1. The molecule has 1 atom stereocenters. The lowest BCUT2D eigenvalue weighted by atomic mass is 9.98. The first-order chi connectivity index (χ1) is 14.3. The number of carbonyl (C=O) groups excluding carboxylic acids is 1. The summed E-state index contributed by atoms with van der Waals surface area (Å²) in [6, 6.07) is 13.6. The van der Waals surface area contributed by atoms with Gasteiger partial charge in [0.05, 0.1) is 12.6 Å². The lowest BCUT2D eigenvalue weighted by Crippen LogP contribution is -2.28. The van der Waals surface area contributed by atoms with Crippen LogP contribution in [0.4, 0.5) is 5.69 Å². The Morgan fingerprint density at radius 1 is 1.17 bits per heavy atom. The third-order valence-corrected chi connectivity index (χ3v) is 4.93. The molecule has 5 nitrogen and oxygen atoms in total. The van der Waals surface area contributed by atoms with Gasteiger partial charge in [-0.1, -0.05) is 49.7 Å². The van der Waals surface area contributed by atoms with Crippen LogP contribution in [0.3, 0.4) is 0 Å². The van der Waals surface area contributed by atoms with E-state index in [1.54, 1.807) is 0 Å². The van der Waals surface area contributed by atoms with Gasteiger partial charge in [0.1, 0.15) is 17.4 Å². The molecule has 0 saturated heterocycles. The van der Waals surface area contributed by atoms with E-state index in [1.165, 1.54) is 6.20 Å². The average Bonchev–Trinajstić information content (AvgIpc) is 2.70. The molecular weight excluding hydrogens is 374 g/mol. The van der Waals surface area contributed by atoms with Crippen molar-refractivity contribution in [1.82, 2.24) is 5.32 Å². The van der Waals surface area contributed by atoms with Gasteiger partial charge < -0.3 is 15.4 Å². The maximum absolute atomic E-state index is 12.8. The summed E-state index contributed by atoms with van der Waals surface area (Å²) in [5.74, 6) is 0.623. The summed E-state index contributed by atoms with van der Waals surface area (Å²) in [5, 5.41) is 15.6. The molecule has 1 unspecified atom stereocenters. The van der Waals surface area contributed by atoms with E-state index in [-0.39, 0.29) is 11.6 Å². The van der Waals surface area contributed by atoms with E-state index >= 15 is 0 Å². The molecular formula is C25H31N3O2. The summed E-state index contributed by atoms with van der Waals surface area (Å²) in [7, 11) is 0. The zero-order chi connectivity index (χ0) is 22.3. The number of hydrogen-bond acceptors (Lipinski definition) is 4. The minimum absolute atomic E-state index is 0.0189. The molecule has 0 aliphatic heterocycles. The molecule has 0 spiro atoms. The second-order valence-electron chi connectivity index (χ2n) is 7.68. The number of nitriles is 1. The summed E-state index contributed by atoms with van der Waals surface area (Å²) < 4.78 is 5.69. The van der Waals surface area contributed by atoms with Crippen LogP contribution in [-0.2, 0) is 4.79 Å². The normalized spacial score (nSPS) is 12.3. The highest BCUT2D eigenvalue weighted by atomic mass is 16.5. The van der Waals surface area contributed by atoms with E-state index in [4.69, 9.17) is 4.74 Å². The maximum atomic E-state index is 12.8. The number of amides is 1. The standard InChI is InChI=1S/C25H31N3O2/c1-7-30-23-12-11-17(4)13-22(23)19(6)28-25(29)20(14-26)15-27-24-18(5)9-8-10-21(24)16(2)3/h8-13,15-16,19,27H,7H2,1-6H3,(H,28,29)/b20-15-. The monoisotopic (exact) mass is 405 g/mol. The predicted octanol–water partition coefficient (Wildman–Crippen LogP) is 5.52. The third-order valence-electron chi connectivity index (χ3n) is 4.93. The Morgan fingerprint density at radius 2 is 1.90 bits per heavy atom. The van der Waals surface area contributed by atoms with Gasteiger partial charge in [0.15, 0.2) is 0 Å². The van der Waals surface area contributed by atoms with Crippen LogP contribution in [0.5, 0.6) is 5.75 Å². The van der Waals surface area contributed by atoms with Gasteiger partial charge in [0.2, 0.25) is 0 Å². The van der Waals surface area contributed by atoms with Crippen LogP contribution < -0.4 is 15.4 Å². The zero-order valence-corrected chi connectivity index (χ0v) is 18.7. The highest BCUT2D eigenvalue weighted by Gasteiger charge is 2.18. The van der Waals surface area contributed by atoms with Crippen molar-refractivity contribution in [2.24, 2.45) is 0 Å². The molecule has 2 aromatic carbocycles. The van der Waals surface area contributed by atoms with Crippen molar-refractivity contribution in [3.8, 4) is 11.8 Å². The minimum Gasteiger partial charge on any atom is -0.494 e. The molecule has 158 valence electrons. The zero-order valence-electron chi connectivity index (χ0n) is 18.7. The molecule has 30 heavy (non-hydrogen) atoms. The molecule has 0 aromatic heterocycles. The summed E-state index contributed by atoms with van der Waals surface area (Å²) in [4.78, 5) is 12.8. The molecule has 0 heterocycles. The molecule has 2 aromatic rings. The molecule has 0 aliphatic rings. The predicted molar refractivity (Wildman–Crippen MR) is 121 cm³/mol. The SMILES string of the molecule is CCOc1ccc(C)cc1C(C)NC(=O)/C(C#N)=C\Nc1c(C)cccc1C(C)C. The number of aryl methyl sites for hydroxylation is 2. The topological polar surface area (TPSA) is 74.1 Å². The highest BCUT2D eigenvalue weighted by Crippen LogP contribution is 2.28. The van der Waals surface area contributed by atoms with Crippen LogP contribution in [-0.4, -0.2) is 12.5 Å². The molecule has 1 amide bonds. The Balaban J connectivity index is 2.22. The van der Waals surface area contributed by atoms with Crippen LogP contribution in [0.1, 0.15) is 61.9 Å². The quantitative estimate of drug-likeness (QED) is 0.448. The van der Waals surface area contributed by atoms with Crippen LogP contribution in [0.2, 0.25) is 0 Å². The van der Waals surface area contributed by atoms with E-state index in [9.17, 15) is 10.1 Å². The van der Waals surface area contributed by atoms with Crippen LogP contribution in [0.15, 0.2) is 48.2 Å². The number of para-hydroxylation sites is 1. The number of anilines is 1. The van der Waals surface area contributed by atoms with Crippen LogP contribution >= 0.6 is 0 Å². The first-order valence-electron chi connectivity index (χ1n) is 10.3. The van der Waals surface area contributed by atoms with E-state index in [0.29, 0.717) is 12.5 Å². The van der Waals surface area contributed by atoms with Gasteiger partial charge >= 0.3 is 0 Å². The van der Waals surface area contributed by atoms with Crippen molar-refractivity contribution >= 4 is 11.6 Å². The van der Waals surface area contributed by atoms with Crippen molar-refractivity contribution in [2.75, 3.05) is 11.9 Å². The summed E-state index contributed by atoms with van der Waals surface area (Å²) in [6.07, 6.45) is 1.48. The Morgan fingerprint density at radius 3 is 2.53 bits per heavy atom. The Labute approximate surface area is 179 Å². The maximum Gasteiger partial charge on any atom is 0.263 e. The average molecular weight is 406 g/mol. The van der Waals surface area contributed by atoms with Gasteiger partial charge in [-0.25, -0.2) is 0 Å². The highest BCUT2D eigenvalue weighted by molar-refractivity contribution is 5.97. The fourth-order valence-corrected chi connectivity index (χ4v) is 3.31. The second-order valence-corrected chi connectivity index (χ2v) is 7.68. The molecule has 0 radical (unpaired) electrons. The van der Waals surface area contributed by atoms with Gasteiger partial charge in [-0.2, -0.15) is 5.26 Å². The van der Waals surface area contributed by atoms with Crippen LogP contribution in [0, 0.1) is 25.2 Å². The number of benzene rings is 2. The lowest BCUT2D eigenvalue weighted by molar-refractivity contribution is -0.117. The van der Waals surface area contributed by atoms with Gasteiger partial charge in [0, 0.05) is 17.5 Å². The Hall–Kier alpha value is -3.26.